The second-order valence-corrected chi connectivity index (χ2v) is 5.96. The first kappa shape index (κ1) is 15.0. The number of carbonyl (C=O) groups is 1. The van der Waals surface area contributed by atoms with E-state index in [1.807, 2.05) is 12.1 Å². The SMILES string of the molecule is O=C(NC1(c2ccc(Cl)cc2)CCC1)c1cc(F)ccc1F. The van der Waals surface area contributed by atoms with Crippen molar-refractivity contribution in [1.82, 2.24) is 5.32 Å². The molecule has 2 nitrogen and oxygen atoms in total. The molecular formula is C17H14ClF2NO. The van der Waals surface area contributed by atoms with Gasteiger partial charge in [-0.15, -0.1) is 0 Å². The minimum Gasteiger partial charge on any atom is -0.342 e. The van der Waals surface area contributed by atoms with Crippen LogP contribution in [0.15, 0.2) is 42.5 Å². The molecule has 1 saturated carbocycles. The standard InChI is InChI=1S/C17H14ClF2NO/c18-12-4-2-11(3-5-12)17(8-1-9-17)21-16(22)14-10-13(19)6-7-15(14)20/h2-7,10H,1,8-9H2,(H,21,22). The largest absolute Gasteiger partial charge is 0.342 e. The highest BCUT2D eigenvalue weighted by molar-refractivity contribution is 6.30. The van der Waals surface area contributed by atoms with E-state index in [-0.39, 0.29) is 5.56 Å². The third kappa shape index (κ3) is 2.71. The van der Waals surface area contributed by atoms with Crippen LogP contribution in [0.3, 0.4) is 0 Å². The van der Waals surface area contributed by atoms with Crippen LogP contribution in [-0.2, 0) is 5.54 Å². The number of halogens is 3. The average Bonchev–Trinajstić information content (AvgIpc) is 2.46. The van der Waals surface area contributed by atoms with Crippen molar-refractivity contribution in [3.05, 3.63) is 70.2 Å². The molecule has 0 aromatic heterocycles. The second-order valence-electron chi connectivity index (χ2n) is 5.52. The summed E-state index contributed by atoms with van der Waals surface area (Å²) in [6.07, 6.45) is 2.49. The molecule has 0 aliphatic heterocycles. The van der Waals surface area contributed by atoms with Gasteiger partial charge in [-0.3, -0.25) is 4.79 Å². The van der Waals surface area contributed by atoms with Gasteiger partial charge in [-0.1, -0.05) is 23.7 Å². The van der Waals surface area contributed by atoms with Crippen molar-refractivity contribution in [1.29, 1.82) is 0 Å². The molecule has 5 heteroatoms. The highest BCUT2D eigenvalue weighted by Gasteiger charge is 2.40. The summed E-state index contributed by atoms with van der Waals surface area (Å²) in [5.74, 6) is -1.98. The monoisotopic (exact) mass is 321 g/mol. The number of rotatable bonds is 3. The Bertz CT molecular complexity index is 711. The van der Waals surface area contributed by atoms with Gasteiger partial charge < -0.3 is 5.32 Å². The first-order valence-electron chi connectivity index (χ1n) is 7.04. The average molecular weight is 322 g/mol. The van der Waals surface area contributed by atoms with E-state index >= 15 is 0 Å². The number of hydrogen-bond acceptors (Lipinski definition) is 1. The Morgan fingerprint density at radius 3 is 2.36 bits per heavy atom. The van der Waals surface area contributed by atoms with Crippen LogP contribution in [0.4, 0.5) is 8.78 Å². The van der Waals surface area contributed by atoms with Crippen molar-refractivity contribution < 1.29 is 13.6 Å². The van der Waals surface area contributed by atoms with Gasteiger partial charge >= 0.3 is 0 Å². The molecule has 1 amide bonds. The second kappa shape index (κ2) is 5.69. The topological polar surface area (TPSA) is 29.1 Å². The number of nitrogens with one attached hydrogen (secondary N) is 1. The lowest BCUT2D eigenvalue weighted by Gasteiger charge is -2.43. The molecule has 1 aliphatic rings. The van der Waals surface area contributed by atoms with Gasteiger partial charge in [0, 0.05) is 5.02 Å². The maximum absolute atomic E-state index is 13.7. The molecule has 0 bridgehead atoms. The maximum Gasteiger partial charge on any atom is 0.255 e. The molecule has 0 unspecified atom stereocenters. The predicted molar refractivity (Wildman–Crippen MR) is 80.8 cm³/mol. The van der Waals surface area contributed by atoms with Crippen molar-refractivity contribution in [3.8, 4) is 0 Å². The Morgan fingerprint density at radius 1 is 1.09 bits per heavy atom. The molecule has 0 saturated heterocycles. The van der Waals surface area contributed by atoms with E-state index in [9.17, 15) is 13.6 Å². The van der Waals surface area contributed by atoms with E-state index in [0.29, 0.717) is 5.02 Å². The molecular weight excluding hydrogens is 308 g/mol. The number of amides is 1. The van der Waals surface area contributed by atoms with Gasteiger partial charge in [0.2, 0.25) is 0 Å². The fraction of sp³-hybridized carbons (Fsp3) is 0.235. The van der Waals surface area contributed by atoms with Gasteiger partial charge in [0.05, 0.1) is 11.1 Å². The highest BCUT2D eigenvalue weighted by Crippen LogP contribution is 2.41. The molecule has 1 fully saturated rings. The lowest BCUT2D eigenvalue weighted by Crippen LogP contribution is -2.51. The van der Waals surface area contributed by atoms with Crippen molar-refractivity contribution >= 4 is 17.5 Å². The summed E-state index contributed by atoms with van der Waals surface area (Å²) in [5.41, 5.74) is 0.119. The van der Waals surface area contributed by atoms with Gasteiger partial charge in [-0.25, -0.2) is 8.78 Å². The van der Waals surface area contributed by atoms with Gasteiger partial charge in [-0.05, 0) is 55.2 Å². The Hall–Kier alpha value is -1.94. The zero-order valence-electron chi connectivity index (χ0n) is 11.7. The quantitative estimate of drug-likeness (QED) is 0.890. The third-order valence-electron chi connectivity index (χ3n) is 4.13. The summed E-state index contributed by atoms with van der Waals surface area (Å²) in [6, 6.07) is 10.1. The highest BCUT2D eigenvalue weighted by atomic mass is 35.5. The molecule has 0 radical (unpaired) electrons. The van der Waals surface area contributed by atoms with Crippen LogP contribution in [-0.4, -0.2) is 5.91 Å². The fourth-order valence-electron chi connectivity index (χ4n) is 2.74. The summed E-state index contributed by atoms with van der Waals surface area (Å²) < 4.78 is 27.0. The van der Waals surface area contributed by atoms with Crippen molar-refractivity contribution in [2.75, 3.05) is 0 Å². The first-order chi connectivity index (χ1) is 10.5. The van der Waals surface area contributed by atoms with Gasteiger partial charge in [-0.2, -0.15) is 0 Å². The Balaban J connectivity index is 1.88. The first-order valence-corrected chi connectivity index (χ1v) is 7.42. The van der Waals surface area contributed by atoms with Gasteiger partial charge in [0.15, 0.2) is 0 Å². The lowest BCUT2D eigenvalue weighted by molar-refractivity contribution is 0.0818. The number of carbonyl (C=O) groups excluding carboxylic acids is 1. The summed E-state index contributed by atoms with van der Waals surface area (Å²) in [7, 11) is 0. The molecule has 114 valence electrons. The Morgan fingerprint density at radius 2 is 1.77 bits per heavy atom. The summed E-state index contributed by atoms with van der Waals surface area (Å²) in [6.45, 7) is 0. The minimum absolute atomic E-state index is 0.278. The van der Waals surface area contributed by atoms with E-state index in [0.717, 1.165) is 43.0 Å². The van der Waals surface area contributed by atoms with Crippen LogP contribution < -0.4 is 5.32 Å². The maximum atomic E-state index is 13.7. The van der Waals surface area contributed by atoms with Crippen LogP contribution in [0.2, 0.25) is 5.02 Å². The Kier molecular flexibility index (Phi) is 3.87. The van der Waals surface area contributed by atoms with E-state index in [2.05, 4.69) is 5.32 Å². The van der Waals surface area contributed by atoms with Gasteiger partial charge in [0.25, 0.3) is 5.91 Å². The van der Waals surface area contributed by atoms with Crippen molar-refractivity contribution in [2.24, 2.45) is 0 Å². The van der Waals surface area contributed by atoms with Crippen LogP contribution >= 0.6 is 11.6 Å². The van der Waals surface area contributed by atoms with Crippen LogP contribution in [0, 0.1) is 11.6 Å². The zero-order chi connectivity index (χ0) is 15.7. The molecule has 2 aromatic rings. The van der Waals surface area contributed by atoms with Crippen LogP contribution in [0.25, 0.3) is 0 Å². The number of benzene rings is 2. The van der Waals surface area contributed by atoms with Crippen LogP contribution in [0.5, 0.6) is 0 Å². The molecule has 3 rings (SSSR count). The van der Waals surface area contributed by atoms with E-state index in [1.54, 1.807) is 12.1 Å². The van der Waals surface area contributed by atoms with Crippen molar-refractivity contribution in [2.45, 2.75) is 24.8 Å². The molecule has 22 heavy (non-hydrogen) atoms. The zero-order valence-corrected chi connectivity index (χ0v) is 12.5. The van der Waals surface area contributed by atoms with E-state index in [4.69, 9.17) is 11.6 Å². The van der Waals surface area contributed by atoms with E-state index < -0.39 is 23.1 Å². The Labute approximate surface area is 132 Å². The smallest absolute Gasteiger partial charge is 0.255 e. The fourth-order valence-corrected chi connectivity index (χ4v) is 2.87. The van der Waals surface area contributed by atoms with E-state index in [1.165, 1.54) is 0 Å². The minimum atomic E-state index is -0.732. The molecule has 2 aromatic carbocycles. The third-order valence-corrected chi connectivity index (χ3v) is 4.38. The van der Waals surface area contributed by atoms with Crippen LogP contribution in [0.1, 0.15) is 35.2 Å². The normalized spacial score (nSPS) is 16.0. The van der Waals surface area contributed by atoms with Gasteiger partial charge in [0.1, 0.15) is 11.6 Å². The lowest BCUT2D eigenvalue weighted by atomic mass is 9.71. The summed E-state index contributed by atoms with van der Waals surface area (Å²) >= 11 is 5.88. The summed E-state index contributed by atoms with van der Waals surface area (Å²) in [4.78, 5) is 12.3. The summed E-state index contributed by atoms with van der Waals surface area (Å²) in [5, 5.41) is 3.47. The molecule has 0 atom stereocenters. The van der Waals surface area contributed by atoms with Crippen molar-refractivity contribution in [3.63, 3.8) is 0 Å². The molecule has 0 heterocycles. The molecule has 0 spiro atoms. The molecule has 1 N–H and O–H groups in total. The predicted octanol–water partition coefficient (Wildman–Crippen LogP) is 4.43. The molecule has 1 aliphatic carbocycles. The number of hydrogen-bond donors (Lipinski definition) is 1.